The van der Waals surface area contributed by atoms with Crippen LogP contribution in [0.1, 0.15) is 15.9 Å². The van der Waals surface area contributed by atoms with Gasteiger partial charge in [-0.2, -0.15) is 4.68 Å². The quantitative estimate of drug-likeness (QED) is 0.344. The number of amides is 2. The molecule has 5 rings (SSSR count). The van der Waals surface area contributed by atoms with E-state index in [4.69, 9.17) is 11.6 Å². The molecule has 11 heteroatoms. The third-order valence-electron chi connectivity index (χ3n) is 6.23. The molecule has 0 unspecified atom stereocenters. The van der Waals surface area contributed by atoms with Crippen molar-refractivity contribution in [2.75, 3.05) is 42.1 Å². The van der Waals surface area contributed by atoms with Crippen molar-refractivity contribution in [1.29, 1.82) is 0 Å². The fourth-order valence-corrected chi connectivity index (χ4v) is 4.96. The number of anilines is 2. The monoisotopic (exact) mass is 547 g/mol. The minimum atomic E-state index is -0.156. The number of nitrogens with zero attached hydrogens (tertiary/aromatic N) is 6. The van der Waals surface area contributed by atoms with E-state index in [1.165, 1.54) is 11.8 Å². The van der Waals surface area contributed by atoms with E-state index in [1.807, 2.05) is 72.5 Å². The van der Waals surface area contributed by atoms with E-state index in [2.05, 4.69) is 25.7 Å². The van der Waals surface area contributed by atoms with Crippen LogP contribution >= 0.6 is 23.4 Å². The Morgan fingerprint density at radius 2 is 1.55 bits per heavy atom. The summed E-state index contributed by atoms with van der Waals surface area (Å²) in [5.74, 6) is 0.0755. The highest BCUT2D eigenvalue weighted by Crippen LogP contribution is 2.22. The number of carbonyl (C=O) groups is 2. The van der Waals surface area contributed by atoms with Crippen molar-refractivity contribution in [2.45, 2.75) is 12.1 Å². The molecule has 1 aromatic heterocycles. The summed E-state index contributed by atoms with van der Waals surface area (Å²) >= 11 is 7.20. The molecule has 0 saturated carbocycles. The molecule has 194 valence electrons. The Balaban J connectivity index is 1.11. The summed E-state index contributed by atoms with van der Waals surface area (Å²) in [6, 6.07) is 22.6. The van der Waals surface area contributed by atoms with Crippen LogP contribution in [0, 0.1) is 6.92 Å². The highest BCUT2D eigenvalue weighted by Gasteiger charge is 2.22. The SMILES string of the molecule is Cc1ccc(C(=O)N2CCN(c3ccc(NC(=O)CSc4nnnn4-c4ccc(Cl)cc4)cc3)CC2)cc1. The Morgan fingerprint density at radius 1 is 0.895 bits per heavy atom. The van der Waals surface area contributed by atoms with Gasteiger partial charge in [0, 0.05) is 48.1 Å². The van der Waals surface area contributed by atoms with E-state index in [0.717, 1.165) is 35.6 Å². The average molecular weight is 548 g/mol. The van der Waals surface area contributed by atoms with Crippen LogP contribution in [0.15, 0.2) is 78.0 Å². The second kappa shape index (κ2) is 11.7. The van der Waals surface area contributed by atoms with Gasteiger partial charge in [0.15, 0.2) is 0 Å². The van der Waals surface area contributed by atoms with Crippen molar-refractivity contribution >= 4 is 46.6 Å². The lowest BCUT2D eigenvalue weighted by Gasteiger charge is -2.36. The summed E-state index contributed by atoms with van der Waals surface area (Å²) in [6.45, 7) is 4.85. The van der Waals surface area contributed by atoms with Gasteiger partial charge >= 0.3 is 0 Å². The maximum Gasteiger partial charge on any atom is 0.253 e. The molecule has 1 aliphatic heterocycles. The van der Waals surface area contributed by atoms with Crippen LogP contribution in [0.3, 0.4) is 0 Å². The number of carbonyl (C=O) groups excluding carboxylic acids is 2. The first-order valence-electron chi connectivity index (χ1n) is 12.1. The van der Waals surface area contributed by atoms with Gasteiger partial charge in [-0.25, -0.2) is 0 Å². The van der Waals surface area contributed by atoms with E-state index in [-0.39, 0.29) is 17.6 Å². The molecule has 0 radical (unpaired) electrons. The third kappa shape index (κ3) is 6.15. The molecule has 1 aliphatic rings. The molecule has 2 amide bonds. The fourth-order valence-electron chi connectivity index (χ4n) is 4.14. The predicted molar refractivity (Wildman–Crippen MR) is 149 cm³/mol. The topological polar surface area (TPSA) is 96.2 Å². The van der Waals surface area contributed by atoms with Crippen LogP contribution in [0.25, 0.3) is 5.69 Å². The van der Waals surface area contributed by atoms with Crippen molar-refractivity contribution in [1.82, 2.24) is 25.1 Å². The zero-order chi connectivity index (χ0) is 26.5. The van der Waals surface area contributed by atoms with E-state index >= 15 is 0 Å². The van der Waals surface area contributed by atoms with Crippen molar-refractivity contribution in [3.8, 4) is 5.69 Å². The molecule has 1 N–H and O–H groups in total. The molecule has 0 aliphatic carbocycles. The molecule has 0 atom stereocenters. The van der Waals surface area contributed by atoms with Gasteiger partial charge in [0.05, 0.1) is 11.4 Å². The first-order chi connectivity index (χ1) is 18.5. The zero-order valence-electron chi connectivity index (χ0n) is 20.7. The van der Waals surface area contributed by atoms with Crippen LogP contribution < -0.4 is 10.2 Å². The molecule has 1 saturated heterocycles. The lowest BCUT2D eigenvalue weighted by Crippen LogP contribution is -2.48. The Kier molecular flexibility index (Phi) is 7.90. The number of piperazine rings is 1. The van der Waals surface area contributed by atoms with Gasteiger partial charge < -0.3 is 15.1 Å². The Bertz CT molecular complexity index is 1400. The normalized spacial score (nSPS) is 13.4. The lowest BCUT2D eigenvalue weighted by atomic mass is 10.1. The molecular weight excluding hydrogens is 522 g/mol. The van der Waals surface area contributed by atoms with Crippen molar-refractivity contribution in [2.24, 2.45) is 0 Å². The second-order valence-electron chi connectivity index (χ2n) is 8.88. The van der Waals surface area contributed by atoms with Gasteiger partial charge in [-0.1, -0.05) is 41.1 Å². The summed E-state index contributed by atoms with van der Waals surface area (Å²) < 4.78 is 1.57. The Morgan fingerprint density at radius 3 is 2.24 bits per heavy atom. The average Bonchev–Trinajstić information content (AvgIpc) is 3.42. The first kappa shape index (κ1) is 25.7. The number of rotatable bonds is 7. The molecule has 0 bridgehead atoms. The van der Waals surface area contributed by atoms with Crippen molar-refractivity contribution in [3.63, 3.8) is 0 Å². The fraction of sp³-hybridized carbons (Fsp3) is 0.222. The van der Waals surface area contributed by atoms with Crippen LogP contribution in [0.2, 0.25) is 5.02 Å². The molecule has 4 aromatic rings. The van der Waals surface area contributed by atoms with Crippen LogP contribution in [-0.2, 0) is 4.79 Å². The number of aryl methyl sites for hydroxylation is 1. The molecular formula is C27H26ClN7O2S. The Hall–Kier alpha value is -3.89. The van der Waals surface area contributed by atoms with Gasteiger partial charge in [0.1, 0.15) is 0 Å². The highest BCUT2D eigenvalue weighted by molar-refractivity contribution is 7.99. The predicted octanol–water partition coefficient (Wildman–Crippen LogP) is 4.32. The smallest absolute Gasteiger partial charge is 0.253 e. The highest BCUT2D eigenvalue weighted by atomic mass is 35.5. The van der Waals surface area contributed by atoms with Gasteiger partial charge in [0.2, 0.25) is 11.1 Å². The van der Waals surface area contributed by atoms with Crippen molar-refractivity contribution in [3.05, 3.63) is 88.9 Å². The number of halogens is 1. The van der Waals surface area contributed by atoms with Gasteiger partial charge in [-0.15, -0.1) is 5.10 Å². The zero-order valence-corrected chi connectivity index (χ0v) is 22.3. The summed E-state index contributed by atoms with van der Waals surface area (Å²) in [7, 11) is 0. The van der Waals surface area contributed by atoms with Crippen LogP contribution in [-0.4, -0.2) is 68.9 Å². The lowest BCUT2D eigenvalue weighted by molar-refractivity contribution is -0.113. The van der Waals surface area contributed by atoms with Gasteiger partial charge in [0.25, 0.3) is 5.91 Å². The molecule has 9 nitrogen and oxygen atoms in total. The summed E-state index contributed by atoms with van der Waals surface area (Å²) in [6.07, 6.45) is 0. The van der Waals surface area contributed by atoms with Crippen LogP contribution in [0.4, 0.5) is 11.4 Å². The summed E-state index contributed by atoms with van der Waals surface area (Å²) in [4.78, 5) is 29.5. The van der Waals surface area contributed by atoms with E-state index in [1.54, 1.807) is 16.8 Å². The minimum Gasteiger partial charge on any atom is -0.368 e. The van der Waals surface area contributed by atoms with Crippen LogP contribution in [0.5, 0.6) is 0 Å². The first-order valence-corrected chi connectivity index (χ1v) is 13.5. The number of tetrazole rings is 1. The second-order valence-corrected chi connectivity index (χ2v) is 10.3. The maximum absolute atomic E-state index is 12.8. The number of hydrogen-bond donors (Lipinski definition) is 1. The van der Waals surface area contributed by atoms with Gasteiger partial charge in [-0.05, 0) is 78.0 Å². The number of aromatic nitrogens is 4. The largest absolute Gasteiger partial charge is 0.368 e. The van der Waals surface area contributed by atoms with E-state index in [0.29, 0.717) is 29.0 Å². The molecule has 1 fully saturated rings. The standard InChI is InChI=1S/C27H26ClN7O2S/c1-19-2-4-20(5-3-19)26(37)34-16-14-33(15-17-34)23-12-8-22(9-13-23)29-25(36)18-38-27-30-31-32-35(27)24-10-6-21(28)7-11-24/h2-13H,14-18H2,1H3,(H,29,36). The molecule has 0 spiro atoms. The van der Waals surface area contributed by atoms with Crippen molar-refractivity contribution < 1.29 is 9.59 Å². The number of hydrogen-bond acceptors (Lipinski definition) is 7. The summed E-state index contributed by atoms with van der Waals surface area (Å²) in [5.41, 5.74) is 4.40. The molecule has 2 heterocycles. The maximum atomic E-state index is 12.8. The van der Waals surface area contributed by atoms with E-state index < -0.39 is 0 Å². The summed E-state index contributed by atoms with van der Waals surface area (Å²) in [5, 5.41) is 15.8. The molecule has 3 aromatic carbocycles. The van der Waals surface area contributed by atoms with E-state index in [9.17, 15) is 9.59 Å². The Labute approximate surface area is 229 Å². The molecule has 38 heavy (non-hydrogen) atoms. The minimum absolute atomic E-state index is 0.0720. The number of nitrogens with one attached hydrogen (secondary N) is 1. The number of benzene rings is 3. The third-order valence-corrected chi connectivity index (χ3v) is 7.40. The van der Waals surface area contributed by atoms with Gasteiger partial charge in [-0.3, -0.25) is 9.59 Å². The number of thioether (sulfide) groups is 1.